The van der Waals surface area contributed by atoms with Crippen molar-refractivity contribution in [3.8, 4) is 0 Å². The lowest BCUT2D eigenvalue weighted by molar-refractivity contribution is -0.131. The quantitative estimate of drug-likeness (QED) is 0.748. The average Bonchev–Trinajstić information content (AvgIpc) is 3.24. The van der Waals surface area contributed by atoms with Crippen LogP contribution in [0.25, 0.3) is 0 Å². The van der Waals surface area contributed by atoms with Gasteiger partial charge in [-0.05, 0) is 0 Å². The summed E-state index contributed by atoms with van der Waals surface area (Å²) in [4.78, 5) is 33.7. The SMILES string of the molecule is COCc1nocc1CN1CCC(=O)N(Cc2nc(N(C)C)n[nH]2)C1=O. The maximum atomic E-state index is 12.8. The van der Waals surface area contributed by atoms with Crippen molar-refractivity contribution in [3.63, 3.8) is 0 Å². The zero-order valence-electron chi connectivity index (χ0n) is 14.9. The van der Waals surface area contributed by atoms with E-state index in [9.17, 15) is 9.59 Å². The van der Waals surface area contributed by atoms with E-state index in [0.717, 1.165) is 5.56 Å². The van der Waals surface area contributed by atoms with Gasteiger partial charge in [-0.3, -0.25) is 14.8 Å². The zero-order chi connectivity index (χ0) is 18.7. The van der Waals surface area contributed by atoms with Crippen molar-refractivity contribution in [1.82, 2.24) is 30.1 Å². The summed E-state index contributed by atoms with van der Waals surface area (Å²) in [6, 6.07) is -0.381. The fourth-order valence-corrected chi connectivity index (χ4v) is 2.62. The molecule has 1 aliphatic rings. The Bertz CT molecular complexity index is 785. The Morgan fingerprint density at radius 1 is 1.35 bits per heavy atom. The maximum Gasteiger partial charge on any atom is 0.327 e. The lowest BCUT2D eigenvalue weighted by Gasteiger charge is -2.33. The first-order valence-corrected chi connectivity index (χ1v) is 8.08. The van der Waals surface area contributed by atoms with Crippen LogP contribution in [0.5, 0.6) is 0 Å². The number of nitrogens with one attached hydrogen (secondary N) is 1. The van der Waals surface area contributed by atoms with Gasteiger partial charge in [-0.15, -0.1) is 5.10 Å². The maximum absolute atomic E-state index is 12.8. The third-order valence-corrected chi connectivity index (χ3v) is 4.00. The Hall–Kier alpha value is -2.95. The molecule has 140 valence electrons. The molecule has 0 saturated carbocycles. The molecule has 1 saturated heterocycles. The number of carbonyl (C=O) groups is 2. The minimum Gasteiger partial charge on any atom is -0.378 e. The number of rotatable bonds is 7. The number of anilines is 1. The van der Waals surface area contributed by atoms with E-state index in [2.05, 4.69) is 20.3 Å². The number of aromatic nitrogens is 4. The van der Waals surface area contributed by atoms with Crippen LogP contribution in [0.2, 0.25) is 0 Å². The molecule has 0 spiro atoms. The molecular weight excluding hydrogens is 342 g/mol. The van der Waals surface area contributed by atoms with Gasteiger partial charge in [0.15, 0.2) is 0 Å². The standard InChI is InChI=1S/C15H21N7O4/c1-20(2)14-16-12(17-18-14)7-22-13(23)4-5-21(15(22)24)6-10-8-26-19-11(10)9-25-3/h8H,4-7,9H2,1-3H3,(H,16,17,18). The smallest absolute Gasteiger partial charge is 0.327 e. The third-order valence-electron chi connectivity index (χ3n) is 4.00. The van der Waals surface area contributed by atoms with Gasteiger partial charge in [0.05, 0.1) is 19.7 Å². The zero-order valence-corrected chi connectivity index (χ0v) is 14.9. The van der Waals surface area contributed by atoms with Gasteiger partial charge in [-0.25, -0.2) is 4.79 Å². The van der Waals surface area contributed by atoms with Gasteiger partial charge in [0.1, 0.15) is 17.8 Å². The molecule has 3 amide bonds. The number of hydrogen-bond acceptors (Lipinski definition) is 8. The van der Waals surface area contributed by atoms with Crippen molar-refractivity contribution in [1.29, 1.82) is 0 Å². The molecule has 1 N–H and O–H groups in total. The summed E-state index contributed by atoms with van der Waals surface area (Å²) in [6.45, 7) is 0.973. The number of hydrogen-bond donors (Lipinski definition) is 1. The molecule has 0 unspecified atom stereocenters. The summed E-state index contributed by atoms with van der Waals surface area (Å²) >= 11 is 0. The molecule has 1 fully saturated rings. The monoisotopic (exact) mass is 363 g/mol. The molecule has 0 atom stereocenters. The van der Waals surface area contributed by atoms with E-state index in [1.807, 2.05) is 14.1 Å². The van der Waals surface area contributed by atoms with Crippen LogP contribution in [0, 0.1) is 0 Å². The van der Waals surface area contributed by atoms with Crippen molar-refractivity contribution in [2.45, 2.75) is 26.1 Å². The predicted octanol–water partition coefficient (Wildman–Crippen LogP) is 0.360. The molecule has 2 aromatic heterocycles. The molecule has 0 aliphatic carbocycles. The lowest BCUT2D eigenvalue weighted by Crippen LogP contribution is -2.51. The summed E-state index contributed by atoms with van der Waals surface area (Å²) < 4.78 is 10.0. The summed E-state index contributed by atoms with van der Waals surface area (Å²) in [6.07, 6.45) is 1.73. The van der Waals surface area contributed by atoms with E-state index in [4.69, 9.17) is 9.26 Å². The van der Waals surface area contributed by atoms with Gasteiger partial charge in [-0.2, -0.15) is 4.98 Å². The minimum atomic E-state index is -0.381. The second kappa shape index (κ2) is 7.52. The molecule has 3 rings (SSSR count). The average molecular weight is 363 g/mol. The van der Waals surface area contributed by atoms with E-state index < -0.39 is 0 Å². The largest absolute Gasteiger partial charge is 0.378 e. The van der Waals surface area contributed by atoms with E-state index >= 15 is 0 Å². The Morgan fingerprint density at radius 3 is 2.85 bits per heavy atom. The van der Waals surface area contributed by atoms with E-state index in [1.54, 1.807) is 16.9 Å². The highest BCUT2D eigenvalue weighted by Crippen LogP contribution is 2.18. The second-order valence-corrected chi connectivity index (χ2v) is 6.13. The molecule has 2 aromatic rings. The summed E-state index contributed by atoms with van der Waals surface area (Å²) in [5, 5.41) is 10.7. The van der Waals surface area contributed by atoms with Gasteiger partial charge in [-0.1, -0.05) is 5.16 Å². The predicted molar refractivity (Wildman–Crippen MR) is 88.9 cm³/mol. The number of aromatic amines is 1. The second-order valence-electron chi connectivity index (χ2n) is 6.13. The molecule has 1 aliphatic heterocycles. The number of H-pyrrole nitrogens is 1. The molecule has 0 bridgehead atoms. The highest BCUT2D eigenvalue weighted by Gasteiger charge is 2.33. The van der Waals surface area contributed by atoms with Gasteiger partial charge >= 0.3 is 6.03 Å². The van der Waals surface area contributed by atoms with Crippen molar-refractivity contribution in [2.75, 3.05) is 32.6 Å². The van der Waals surface area contributed by atoms with Crippen LogP contribution < -0.4 is 4.90 Å². The molecule has 11 heteroatoms. The Morgan fingerprint density at radius 2 is 2.15 bits per heavy atom. The highest BCUT2D eigenvalue weighted by molar-refractivity contribution is 5.96. The molecular formula is C15H21N7O4. The third kappa shape index (κ3) is 3.67. The molecule has 11 nitrogen and oxygen atoms in total. The number of imide groups is 1. The fraction of sp³-hybridized carbons (Fsp3) is 0.533. The van der Waals surface area contributed by atoms with Crippen LogP contribution in [0.4, 0.5) is 10.7 Å². The first-order valence-electron chi connectivity index (χ1n) is 8.08. The first-order chi connectivity index (χ1) is 12.5. The van der Waals surface area contributed by atoms with Crippen LogP contribution in [-0.2, 0) is 29.2 Å². The Kier molecular flexibility index (Phi) is 5.16. The number of ether oxygens (including phenoxy) is 1. The van der Waals surface area contributed by atoms with Crippen LogP contribution in [0.3, 0.4) is 0 Å². The van der Waals surface area contributed by atoms with Crippen LogP contribution in [0.15, 0.2) is 10.8 Å². The van der Waals surface area contributed by atoms with Crippen LogP contribution in [-0.4, -0.2) is 69.8 Å². The molecule has 3 heterocycles. The van der Waals surface area contributed by atoms with Gasteiger partial charge in [0.2, 0.25) is 11.9 Å². The Balaban J connectivity index is 1.71. The summed E-state index contributed by atoms with van der Waals surface area (Å²) in [5.41, 5.74) is 1.39. The lowest BCUT2D eigenvalue weighted by atomic mass is 10.2. The summed E-state index contributed by atoms with van der Waals surface area (Å²) in [7, 11) is 5.18. The van der Waals surface area contributed by atoms with Crippen molar-refractivity contribution in [2.24, 2.45) is 0 Å². The van der Waals surface area contributed by atoms with Gasteiger partial charge in [0.25, 0.3) is 0 Å². The van der Waals surface area contributed by atoms with Crippen LogP contribution in [0.1, 0.15) is 23.5 Å². The number of urea groups is 1. The van der Waals surface area contributed by atoms with Gasteiger partial charge < -0.3 is 19.1 Å². The molecule has 26 heavy (non-hydrogen) atoms. The number of nitrogens with zero attached hydrogens (tertiary/aromatic N) is 6. The Labute approximate surface area is 149 Å². The number of carbonyl (C=O) groups excluding carboxylic acids is 2. The highest BCUT2D eigenvalue weighted by atomic mass is 16.5. The fourth-order valence-electron chi connectivity index (χ4n) is 2.62. The van der Waals surface area contributed by atoms with E-state index in [-0.39, 0.29) is 24.9 Å². The normalized spacial score (nSPS) is 15.0. The van der Waals surface area contributed by atoms with Crippen molar-refractivity contribution < 1.29 is 18.8 Å². The van der Waals surface area contributed by atoms with Crippen molar-refractivity contribution in [3.05, 3.63) is 23.3 Å². The number of amides is 3. The van der Waals surface area contributed by atoms with E-state index in [1.165, 1.54) is 11.2 Å². The topological polar surface area (TPSA) is 121 Å². The first kappa shape index (κ1) is 17.9. The minimum absolute atomic E-state index is 0.0452. The molecule has 0 aromatic carbocycles. The van der Waals surface area contributed by atoms with Gasteiger partial charge in [0, 0.05) is 39.7 Å². The van der Waals surface area contributed by atoms with Crippen LogP contribution >= 0.6 is 0 Å². The summed E-state index contributed by atoms with van der Waals surface area (Å²) in [5.74, 6) is 0.696. The van der Waals surface area contributed by atoms with E-state index in [0.29, 0.717) is 37.2 Å². The molecule has 0 radical (unpaired) electrons. The van der Waals surface area contributed by atoms with Crippen molar-refractivity contribution >= 4 is 17.9 Å². The number of methoxy groups -OCH3 is 1.